The standard InChI is InChI=1S/C29H29ClN6O3/c1-35-18-20(17-31-35)29(39)34-23-8-11-27(26(30)16-23)32-21-4-6-22(7-5-21)33-28(38)19-2-9-24(10-3-19)36-14-12-25(37)13-15-36/h2-11,16-18,25,32,37H,12-15H2,1H3,(H,33,38)(H,34,39). The summed E-state index contributed by atoms with van der Waals surface area (Å²) in [6, 6.07) is 20.0. The highest BCUT2D eigenvalue weighted by Crippen LogP contribution is 2.29. The Morgan fingerprint density at radius 1 is 0.872 bits per heavy atom. The number of nitrogens with zero attached hydrogens (tertiary/aromatic N) is 3. The molecule has 9 nitrogen and oxygen atoms in total. The summed E-state index contributed by atoms with van der Waals surface area (Å²) in [7, 11) is 1.75. The number of halogens is 1. The third-order valence-corrected chi connectivity index (χ3v) is 6.89. The van der Waals surface area contributed by atoms with E-state index in [0.717, 1.165) is 37.3 Å². The van der Waals surface area contributed by atoms with Gasteiger partial charge in [-0.15, -0.1) is 0 Å². The van der Waals surface area contributed by atoms with Gasteiger partial charge in [-0.25, -0.2) is 0 Å². The zero-order chi connectivity index (χ0) is 27.4. The molecule has 5 rings (SSSR count). The highest BCUT2D eigenvalue weighted by atomic mass is 35.5. The normalized spacial score (nSPS) is 13.7. The Morgan fingerprint density at radius 3 is 2.13 bits per heavy atom. The molecule has 0 bridgehead atoms. The molecule has 1 fully saturated rings. The first-order valence-electron chi connectivity index (χ1n) is 12.6. The summed E-state index contributed by atoms with van der Waals surface area (Å²) in [5, 5.41) is 23.1. The molecule has 1 aliphatic rings. The van der Waals surface area contributed by atoms with Gasteiger partial charge in [0.1, 0.15) is 0 Å². The third-order valence-electron chi connectivity index (χ3n) is 6.57. The van der Waals surface area contributed by atoms with Crippen LogP contribution in [0.3, 0.4) is 0 Å². The van der Waals surface area contributed by atoms with E-state index in [1.54, 1.807) is 36.1 Å². The number of nitrogens with one attached hydrogen (secondary N) is 3. The quantitative estimate of drug-likeness (QED) is 0.252. The number of amides is 2. The number of benzene rings is 3. The first kappa shape index (κ1) is 26.3. The molecule has 0 unspecified atom stereocenters. The molecular weight excluding hydrogens is 516 g/mol. The van der Waals surface area contributed by atoms with Gasteiger partial charge < -0.3 is 26.0 Å². The van der Waals surface area contributed by atoms with Crippen LogP contribution in [0, 0.1) is 0 Å². The summed E-state index contributed by atoms with van der Waals surface area (Å²) in [4.78, 5) is 27.3. The number of hydrogen-bond donors (Lipinski definition) is 4. The molecule has 0 radical (unpaired) electrons. The molecule has 200 valence electrons. The van der Waals surface area contributed by atoms with Crippen molar-refractivity contribution < 1.29 is 14.7 Å². The predicted octanol–water partition coefficient (Wildman–Crippen LogP) is 5.28. The highest BCUT2D eigenvalue weighted by molar-refractivity contribution is 6.33. The molecule has 0 atom stereocenters. The minimum atomic E-state index is -0.267. The van der Waals surface area contributed by atoms with E-state index in [2.05, 4.69) is 25.9 Å². The van der Waals surface area contributed by atoms with Crippen LogP contribution in [0.2, 0.25) is 5.02 Å². The van der Waals surface area contributed by atoms with Crippen LogP contribution >= 0.6 is 11.6 Å². The first-order chi connectivity index (χ1) is 18.8. The van der Waals surface area contributed by atoms with E-state index in [4.69, 9.17) is 11.6 Å². The molecule has 10 heteroatoms. The number of aromatic nitrogens is 2. The van der Waals surface area contributed by atoms with Crippen LogP contribution in [0.4, 0.5) is 28.4 Å². The summed E-state index contributed by atoms with van der Waals surface area (Å²) in [5.74, 6) is -0.459. The number of aliphatic hydroxyl groups excluding tert-OH is 1. The molecule has 39 heavy (non-hydrogen) atoms. The van der Waals surface area contributed by atoms with Crippen molar-refractivity contribution in [2.75, 3.05) is 33.9 Å². The second-order valence-corrected chi connectivity index (χ2v) is 9.88. The van der Waals surface area contributed by atoms with Crippen molar-refractivity contribution in [1.82, 2.24) is 9.78 Å². The Kier molecular flexibility index (Phi) is 7.81. The van der Waals surface area contributed by atoms with Crippen molar-refractivity contribution in [3.63, 3.8) is 0 Å². The third kappa shape index (κ3) is 6.57. The maximum absolute atomic E-state index is 12.7. The van der Waals surface area contributed by atoms with E-state index in [1.165, 1.54) is 6.20 Å². The van der Waals surface area contributed by atoms with Crippen molar-refractivity contribution in [1.29, 1.82) is 0 Å². The lowest BCUT2D eigenvalue weighted by atomic mass is 10.1. The predicted molar refractivity (Wildman–Crippen MR) is 154 cm³/mol. The van der Waals surface area contributed by atoms with Gasteiger partial charge >= 0.3 is 0 Å². The molecule has 4 N–H and O–H groups in total. The van der Waals surface area contributed by atoms with Gasteiger partial charge in [0.15, 0.2) is 0 Å². The molecule has 4 aromatic rings. The maximum Gasteiger partial charge on any atom is 0.258 e. The van der Waals surface area contributed by atoms with Crippen molar-refractivity contribution in [2.45, 2.75) is 18.9 Å². The number of carbonyl (C=O) groups is 2. The molecule has 0 saturated carbocycles. The number of anilines is 5. The van der Waals surface area contributed by atoms with Gasteiger partial charge in [0.25, 0.3) is 11.8 Å². The Labute approximate surface area is 231 Å². The number of aliphatic hydroxyl groups is 1. The average molecular weight is 545 g/mol. The summed E-state index contributed by atoms with van der Waals surface area (Å²) >= 11 is 6.45. The summed E-state index contributed by atoms with van der Waals surface area (Å²) in [6.45, 7) is 1.62. The fraction of sp³-hybridized carbons (Fsp3) is 0.207. The maximum atomic E-state index is 12.7. The van der Waals surface area contributed by atoms with Crippen LogP contribution in [0.1, 0.15) is 33.6 Å². The zero-order valence-corrected chi connectivity index (χ0v) is 22.2. The van der Waals surface area contributed by atoms with Crippen molar-refractivity contribution in [2.24, 2.45) is 7.05 Å². The molecule has 1 aliphatic heterocycles. The van der Waals surface area contributed by atoms with E-state index in [1.807, 2.05) is 48.5 Å². The van der Waals surface area contributed by atoms with E-state index >= 15 is 0 Å². The lowest BCUT2D eigenvalue weighted by Crippen LogP contribution is -2.35. The van der Waals surface area contributed by atoms with Gasteiger partial charge in [0.05, 0.1) is 28.6 Å². The number of rotatable bonds is 7. The Hall–Kier alpha value is -4.34. The topological polar surface area (TPSA) is 112 Å². The number of carbonyl (C=O) groups excluding carboxylic acids is 2. The highest BCUT2D eigenvalue weighted by Gasteiger charge is 2.17. The van der Waals surface area contributed by atoms with Crippen LogP contribution in [-0.2, 0) is 7.05 Å². The zero-order valence-electron chi connectivity index (χ0n) is 21.4. The van der Waals surface area contributed by atoms with Gasteiger partial charge in [0.2, 0.25) is 0 Å². The average Bonchev–Trinajstić information content (AvgIpc) is 3.38. The lowest BCUT2D eigenvalue weighted by molar-refractivity contribution is 0.101. The van der Waals surface area contributed by atoms with Gasteiger partial charge in [-0.3, -0.25) is 14.3 Å². The minimum absolute atomic E-state index is 0.191. The van der Waals surface area contributed by atoms with Crippen molar-refractivity contribution in [3.05, 3.63) is 95.3 Å². The summed E-state index contributed by atoms with van der Waals surface area (Å²) in [6.07, 6.45) is 4.44. The van der Waals surface area contributed by atoms with Gasteiger partial charge in [-0.2, -0.15) is 5.10 Å². The van der Waals surface area contributed by atoms with Crippen LogP contribution in [0.25, 0.3) is 0 Å². The number of aryl methyl sites for hydroxylation is 1. The van der Waals surface area contributed by atoms with E-state index < -0.39 is 0 Å². The molecule has 2 amide bonds. The van der Waals surface area contributed by atoms with E-state index in [9.17, 15) is 14.7 Å². The minimum Gasteiger partial charge on any atom is -0.393 e. The van der Waals surface area contributed by atoms with Crippen LogP contribution in [0.5, 0.6) is 0 Å². The molecule has 0 spiro atoms. The number of piperidine rings is 1. The van der Waals surface area contributed by atoms with E-state index in [0.29, 0.717) is 33.2 Å². The molecule has 1 aromatic heterocycles. The molecule has 0 aliphatic carbocycles. The molecular formula is C29H29ClN6O3. The first-order valence-corrected chi connectivity index (χ1v) is 13.0. The lowest BCUT2D eigenvalue weighted by Gasteiger charge is -2.31. The van der Waals surface area contributed by atoms with Crippen molar-refractivity contribution >= 4 is 51.9 Å². The molecule has 1 saturated heterocycles. The van der Waals surface area contributed by atoms with Crippen LogP contribution in [-0.4, -0.2) is 45.9 Å². The molecule has 2 heterocycles. The molecule has 3 aromatic carbocycles. The summed E-state index contributed by atoms with van der Waals surface area (Å²) < 4.78 is 1.56. The number of hydrogen-bond acceptors (Lipinski definition) is 6. The second-order valence-electron chi connectivity index (χ2n) is 9.47. The fourth-order valence-electron chi connectivity index (χ4n) is 4.38. The van der Waals surface area contributed by atoms with Gasteiger partial charge in [0, 0.05) is 54.6 Å². The Balaban J connectivity index is 1.16. The van der Waals surface area contributed by atoms with Gasteiger partial charge in [-0.05, 0) is 79.6 Å². The Morgan fingerprint density at radius 2 is 1.49 bits per heavy atom. The summed E-state index contributed by atoms with van der Waals surface area (Å²) in [5.41, 5.74) is 4.78. The largest absolute Gasteiger partial charge is 0.393 e. The Bertz CT molecular complexity index is 1460. The SMILES string of the molecule is Cn1cc(C(=O)Nc2ccc(Nc3ccc(NC(=O)c4ccc(N5CCC(O)CC5)cc4)cc3)c(Cl)c2)cn1. The van der Waals surface area contributed by atoms with Crippen LogP contribution < -0.4 is 20.9 Å². The second kappa shape index (κ2) is 11.6. The smallest absolute Gasteiger partial charge is 0.258 e. The van der Waals surface area contributed by atoms with Crippen molar-refractivity contribution in [3.8, 4) is 0 Å². The van der Waals surface area contributed by atoms with Gasteiger partial charge in [-0.1, -0.05) is 11.6 Å². The fourth-order valence-corrected chi connectivity index (χ4v) is 4.61. The van der Waals surface area contributed by atoms with Crippen LogP contribution in [0.15, 0.2) is 79.1 Å². The monoisotopic (exact) mass is 544 g/mol. The van der Waals surface area contributed by atoms with E-state index in [-0.39, 0.29) is 17.9 Å².